The molecule has 2 rings (SSSR count). The minimum absolute atomic E-state index is 0.123. The predicted octanol–water partition coefficient (Wildman–Crippen LogP) is 3.50. The third kappa shape index (κ3) is 3.69. The van der Waals surface area contributed by atoms with Gasteiger partial charge in [0, 0.05) is 18.7 Å². The molecule has 2 aliphatic rings. The quantitative estimate of drug-likeness (QED) is 0.814. The van der Waals surface area contributed by atoms with Crippen LogP contribution in [0.4, 0.5) is 0 Å². The van der Waals surface area contributed by atoms with Gasteiger partial charge in [0.2, 0.25) is 0 Å². The molecule has 17 heavy (non-hydrogen) atoms. The fourth-order valence-corrected chi connectivity index (χ4v) is 3.28. The molecule has 0 amide bonds. The van der Waals surface area contributed by atoms with Crippen LogP contribution in [0.5, 0.6) is 0 Å². The van der Waals surface area contributed by atoms with Gasteiger partial charge in [0.15, 0.2) is 0 Å². The van der Waals surface area contributed by atoms with Crippen molar-refractivity contribution in [2.45, 2.75) is 83.4 Å². The molecule has 0 aromatic carbocycles. The van der Waals surface area contributed by atoms with Gasteiger partial charge in [-0.05, 0) is 57.8 Å². The van der Waals surface area contributed by atoms with E-state index in [1.54, 1.807) is 0 Å². The first-order valence-electron chi connectivity index (χ1n) is 7.51. The van der Waals surface area contributed by atoms with Crippen LogP contribution in [0.15, 0.2) is 0 Å². The Morgan fingerprint density at radius 2 is 1.82 bits per heavy atom. The van der Waals surface area contributed by atoms with Gasteiger partial charge in [-0.25, -0.2) is 0 Å². The number of hydrogen-bond donors (Lipinski definition) is 1. The smallest absolute Gasteiger partial charge is 0.0666 e. The van der Waals surface area contributed by atoms with Crippen LogP contribution in [0.1, 0.15) is 65.7 Å². The van der Waals surface area contributed by atoms with Crippen molar-refractivity contribution in [1.29, 1.82) is 0 Å². The lowest BCUT2D eigenvalue weighted by molar-refractivity contribution is -0.0796. The van der Waals surface area contributed by atoms with Crippen molar-refractivity contribution < 1.29 is 4.74 Å². The Kier molecular flexibility index (Phi) is 4.48. The van der Waals surface area contributed by atoms with Gasteiger partial charge in [0.05, 0.1) is 5.60 Å². The summed E-state index contributed by atoms with van der Waals surface area (Å²) in [5.74, 6) is 0.948. The first-order valence-corrected chi connectivity index (χ1v) is 7.51. The molecule has 0 radical (unpaired) electrons. The SMILES string of the molecule is CCC1(C)CC(NC2CCC(C)CC2)CCO1. The highest BCUT2D eigenvalue weighted by Gasteiger charge is 2.32. The van der Waals surface area contributed by atoms with Crippen LogP contribution in [0, 0.1) is 5.92 Å². The van der Waals surface area contributed by atoms with E-state index < -0.39 is 0 Å². The molecule has 0 bridgehead atoms. The zero-order chi connectivity index (χ0) is 12.3. The van der Waals surface area contributed by atoms with Crippen molar-refractivity contribution in [3.05, 3.63) is 0 Å². The first kappa shape index (κ1) is 13.4. The van der Waals surface area contributed by atoms with E-state index in [-0.39, 0.29) is 5.60 Å². The van der Waals surface area contributed by atoms with E-state index in [4.69, 9.17) is 4.74 Å². The Hall–Kier alpha value is -0.0800. The minimum atomic E-state index is 0.123. The molecule has 0 aromatic rings. The van der Waals surface area contributed by atoms with Crippen LogP contribution in [0.25, 0.3) is 0 Å². The molecule has 2 heteroatoms. The van der Waals surface area contributed by atoms with Crippen molar-refractivity contribution in [1.82, 2.24) is 5.32 Å². The Labute approximate surface area is 107 Å². The fraction of sp³-hybridized carbons (Fsp3) is 1.00. The van der Waals surface area contributed by atoms with Gasteiger partial charge in [-0.1, -0.05) is 13.8 Å². The second-order valence-electron chi connectivity index (χ2n) is 6.47. The average molecular weight is 239 g/mol. The van der Waals surface area contributed by atoms with Crippen molar-refractivity contribution in [2.75, 3.05) is 6.61 Å². The normalized spacial score (nSPS) is 43.6. The number of hydrogen-bond acceptors (Lipinski definition) is 2. The van der Waals surface area contributed by atoms with Crippen LogP contribution in [0.3, 0.4) is 0 Å². The number of rotatable bonds is 3. The fourth-order valence-electron chi connectivity index (χ4n) is 3.28. The molecule has 2 atom stereocenters. The van der Waals surface area contributed by atoms with E-state index in [0.717, 1.165) is 25.0 Å². The zero-order valence-electron chi connectivity index (χ0n) is 11.8. The highest BCUT2D eigenvalue weighted by molar-refractivity contribution is 4.88. The maximum Gasteiger partial charge on any atom is 0.0666 e. The summed E-state index contributed by atoms with van der Waals surface area (Å²) in [7, 11) is 0. The van der Waals surface area contributed by atoms with Gasteiger partial charge in [-0.3, -0.25) is 0 Å². The molecule has 100 valence electrons. The summed E-state index contributed by atoms with van der Waals surface area (Å²) in [4.78, 5) is 0. The van der Waals surface area contributed by atoms with Gasteiger partial charge in [0.1, 0.15) is 0 Å². The lowest BCUT2D eigenvalue weighted by Gasteiger charge is -2.40. The van der Waals surface area contributed by atoms with Gasteiger partial charge in [0.25, 0.3) is 0 Å². The predicted molar refractivity (Wildman–Crippen MR) is 72.2 cm³/mol. The van der Waals surface area contributed by atoms with Crippen LogP contribution < -0.4 is 5.32 Å². The summed E-state index contributed by atoms with van der Waals surface area (Å²) in [5, 5.41) is 3.89. The van der Waals surface area contributed by atoms with Gasteiger partial charge >= 0.3 is 0 Å². The Morgan fingerprint density at radius 1 is 1.12 bits per heavy atom. The maximum absolute atomic E-state index is 5.91. The lowest BCUT2D eigenvalue weighted by atomic mass is 9.85. The molecule has 1 saturated carbocycles. The standard InChI is InChI=1S/C15H29NO/c1-4-15(3)11-14(9-10-17-15)16-13-7-5-12(2)6-8-13/h12-14,16H,4-11H2,1-3H3. The Balaban J connectivity index is 1.79. The molecule has 2 nitrogen and oxygen atoms in total. The van der Waals surface area contributed by atoms with Crippen LogP contribution >= 0.6 is 0 Å². The average Bonchev–Trinajstić information content (AvgIpc) is 2.32. The van der Waals surface area contributed by atoms with E-state index in [2.05, 4.69) is 26.1 Å². The molecular formula is C15H29NO. The summed E-state index contributed by atoms with van der Waals surface area (Å²) < 4.78 is 5.91. The Bertz CT molecular complexity index is 235. The molecule has 1 aliphatic heterocycles. The van der Waals surface area contributed by atoms with E-state index in [1.807, 2.05) is 0 Å². The number of ether oxygens (including phenoxy) is 1. The molecule has 2 fully saturated rings. The van der Waals surface area contributed by atoms with Gasteiger partial charge in [-0.15, -0.1) is 0 Å². The van der Waals surface area contributed by atoms with Crippen molar-refractivity contribution in [3.63, 3.8) is 0 Å². The molecular weight excluding hydrogens is 210 g/mol. The van der Waals surface area contributed by atoms with Gasteiger partial charge in [-0.2, -0.15) is 0 Å². The van der Waals surface area contributed by atoms with E-state index >= 15 is 0 Å². The van der Waals surface area contributed by atoms with E-state index in [9.17, 15) is 0 Å². The highest BCUT2D eigenvalue weighted by atomic mass is 16.5. The molecule has 1 aliphatic carbocycles. The topological polar surface area (TPSA) is 21.3 Å². The molecule has 1 saturated heterocycles. The third-order valence-electron chi connectivity index (χ3n) is 4.83. The van der Waals surface area contributed by atoms with Gasteiger partial charge < -0.3 is 10.1 Å². The highest BCUT2D eigenvalue weighted by Crippen LogP contribution is 2.30. The maximum atomic E-state index is 5.91. The van der Waals surface area contributed by atoms with E-state index in [1.165, 1.54) is 38.5 Å². The van der Waals surface area contributed by atoms with Crippen LogP contribution in [-0.2, 0) is 4.74 Å². The summed E-state index contributed by atoms with van der Waals surface area (Å²) in [6.45, 7) is 7.83. The van der Waals surface area contributed by atoms with Crippen molar-refractivity contribution in [2.24, 2.45) is 5.92 Å². The first-order chi connectivity index (χ1) is 8.11. The summed E-state index contributed by atoms with van der Waals surface area (Å²) in [5.41, 5.74) is 0.123. The molecule has 2 unspecified atom stereocenters. The van der Waals surface area contributed by atoms with Crippen molar-refractivity contribution in [3.8, 4) is 0 Å². The number of nitrogens with one attached hydrogen (secondary N) is 1. The molecule has 0 aromatic heterocycles. The largest absolute Gasteiger partial charge is 0.375 e. The zero-order valence-corrected chi connectivity index (χ0v) is 11.8. The molecule has 1 heterocycles. The third-order valence-corrected chi connectivity index (χ3v) is 4.83. The Morgan fingerprint density at radius 3 is 2.47 bits per heavy atom. The van der Waals surface area contributed by atoms with Crippen molar-refractivity contribution >= 4 is 0 Å². The van der Waals surface area contributed by atoms with Crippen LogP contribution in [-0.4, -0.2) is 24.3 Å². The minimum Gasteiger partial charge on any atom is -0.375 e. The summed E-state index contributed by atoms with van der Waals surface area (Å²) in [6, 6.07) is 1.46. The van der Waals surface area contributed by atoms with E-state index in [0.29, 0.717) is 6.04 Å². The lowest BCUT2D eigenvalue weighted by Crippen LogP contribution is -2.48. The molecule has 1 N–H and O–H groups in total. The molecule has 0 spiro atoms. The summed E-state index contributed by atoms with van der Waals surface area (Å²) >= 11 is 0. The second-order valence-corrected chi connectivity index (χ2v) is 6.47. The summed E-state index contributed by atoms with van der Waals surface area (Å²) in [6.07, 6.45) is 9.09. The second kappa shape index (κ2) is 5.71. The van der Waals surface area contributed by atoms with Crippen LogP contribution in [0.2, 0.25) is 0 Å². The monoisotopic (exact) mass is 239 g/mol.